The lowest BCUT2D eigenvalue weighted by atomic mass is 10.2. The van der Waals surface area contributed by atoms with Gasteiger partial charge in [0.2, 0.25) is 10.0 Å². The number of benzene rings is 1. The standard InChI is InChI=1S/C18H21N3O5S2/c1-21(11-13-3-2-9-26-13)28(24,25)14-6-4-12(5-7-14)17(23)20-18-15(16(19)22)8-10-27-18/h4-8,10,13H,2-3,9,11H2,1H3,(H2,19,22)(H,20,23)/t13-/m1/s1. The number of anilines is 1. The van der Waals surface area contributed by atoms with E-state index >= 15 is 0 Å². The monoisotopic (exact) mass is 423 g/mol. The number of carbonyl (C=O) groups excluding carboxylic acids is 2. The summed E-state index contributed by atoms with van der Waals surface area (Å²) in [4.78, 5) is 23.8. The lowest BCUT2D eigenvalue weighted by Gasteiger charge is -2.20. The molecule has 0 bridgehead atoms. The number of nitrogens with zero attached hydrogens (tertiary/aromatic N) is 1. The van der Waals surface area contributed by atoms with Gasteiger partial charge in [-0.05, 0) is 48.6 Å². The highest BCUT2D eigenvalue weighted by Gasteiger charge is 2.26. The summed E-state index contributed by atoms with van der Waals surface area (Å²) in [5, 5.41) is 4.62. The second kappa shape index (κ2) is 8.39. The fraction of sp³-hybridized carbons (Fsp3) is 0.333. The normalized spacial score (nSPS) is 17.0. The second-order valence-electron chi connectivity index (χ2n) is 6.43. The molecule has 0 aliphatic carbocycles. The van der Waals surface area contributed by atoms with Crippen LogP contribution in [0, 0.1) is 0 Å². The van der Waals surface area contributed by atoms with Crippen molar-refractivity contribution in [2.75, 3.05) is 25.5 Å². The molecule has 1 atom stereocenters. The number of rotatable bonds is 7. The third kappa shape index (κ3) is 4.41. The van der Waals surface area contributed by atoms with E-state index in [9.17, 15) is 18.0 Å². The Morgan fingerprint density at radius 2 is 2.00 bits per heavy atom. The summed E-state index contributed by atoms with van der Waals surface area (Å²) in [6, 6.07) is 7.17. The molecule has 0 saturated carbocycles. The van der Waals surface area contributed by atoms with Crippen molar-refractivity contribution in [3.8, 4) is 0 Å². The molecule has 0 radical (unpaired) electrons. The number of hydrogen-bond acceptors (Lipinski definition) is 6. The molecule has 1 aliphatic rings. The molecule has 2 amide bonds. The first-order valence-electron chi connectivity index (χ1n) is 8.65. The number of primary amides is 1. The number of amides is 2. The van der Waals surface area contributed by atoms with Gasteiger partial charge in [0.1, 0.15) is 5.00 Å². The number of thiophene rings is 1. The van der Waals surface area contributed by atoms with E-state index in [2.05, 4.69) is 5.32 Å². The first-order chi connectivity index (χ1) is 13.3. The SMILES string of the molecule is CN(C[C@H]1CCCO1)S(=O)(=O)c1ccc(C(=O)Nc2sccc2C(N)=O)cc1. The molecule has 2 aromatic rings. The van der Waals surface area contributed by atoms with E-state index in [1.165, 1.54) is 53.0 Å². The number of likely N-dealkylation sites (N-methyl/N-ethyl adjacent to an activating group) is 1. The minimum atomic E-state index is -3.67. The summed E-state index contributed by atoms with van der Waals surface area (Å²) in [5.74, 6) is -1.09. The van der Waals surface area contributed by atoms with Crippen molar-refractivity contribution in [1.82, 2.24) is 4.31 Å². The van der Waals surface area contributed by atoms with Crippen LogP contribution >= 0.6 is 11.3 Å². The zero-order valence-electron chi connectivity index (χ0n) is 15.3. The van der Waals surface area contributed by atoms with E-state index in [0.29, 0.717) is 18.2 Å². The fourth-order valence-electron chi connectivity index (χ4n) is 2.91. The van der Waals surface area contributed by atoms with Crippen LogP contribution in [0.5, 0.6) is 0 Å². The van der Waals surface area contributed by atoms with Gasteiger partial charge in [-0.15, -0.1) is 11.3 Å². The van der Waals surface area contributed by atoms with Gasteiger partial charge in [0.05, 0.1) is 16.6 Å². The topological polar surface area (TPSA) is 119 Å². The van der Waals surface area contributed by atoms with Crippen molar-refractivity contribution in [3.05, 3.63) is 46.8 Å². The molecular weight excluding hydrogens is 402 g/mol. The van der Waals surface area contributed by atoms with Crippen LogP contribution in [0.25, 0.3) is 0 Å². The molecule has 150 valence electrons. The third-order valence-corrected chi connectivity index (χ3v) is 7.13. The van der Waals surface area contributed by atoms with Crippen molar-refractivity contribution in [1.29, 1.82) is 0 Å². The fourth-order valence-corrected chi connectivity index (χ4v) is 4.90. The summed E-state index contributed by atoms with van der Waals surface area (Å²) in [5.41, 5.74) is 5.76. The number of ether oxygens (including phenoxy) is 1. The third-order valence-electron chi connectivity index (χ3n) is 4.47. The molecule has 8 nitrogen and oxygen atoms in total. The van der Waals surface area contributed by atoms with E-state index < -0.39 is 21.8 Å². The number of sulfonamides is 1. The zero-order chi connectivity index (χ0) is 20.3. The Kier molecular flexibility index (Phi) is 6.14. The van der Waals surface area contributed by atoms with Crippen LogP contribution in [0.2, 0.25) is 0 Å². The quantitative estimate of drug-likeness (QED) is 0.705. The molecule has 3 rings (SSSR count). The summed E-state index contributed by atoms with van der Waals surface area (Å²) in [6.45, 7) is 0.947. The van der Waals surface area contributed by atoms with Crippen LogP contribution in [-0.4, -0.2) is 50.8 Å². The summed E-state index contributed by atoms with van der Waals surface area (Å²) in [6.07, 6.45) is 1.69. The Hall–Kier alpha value is -2.27. The molecule has 1 aromatic heterocycles. The predicted octanol–water partition coefficient (Wildman–Crippen LogP) is 1.90. The van der Waals surface area contributed by atoms with Crippen LogP contribution in [0.4, 0.5) is 5.00 Å². The molecule has 3 N–H and O–H groups in total. The van der Waals surface area contributed by atoms with Gasteiger partial charge in [0.15, 0.2) is 0 Å². The minimum Gasteiger partial charge on any atom is -0.377 e. The van der Waals surface area contributed by atoms with Gasteiger partial charge in [-0.1, -0.05) is 0 Å². The van der Waals surface area contributed by atoms with E-state index in [4.69, 9.17) is 10.5 Å². The zero-order valence-corrected chi connectivity index (χ0v) is 16.9. The predicted molar refractivity (Wildman–Crippen MR) is 106 cm³/mol. The highest BCUT2D eigenvalue weighted by Crippen LogP contribution is 2.24. The van der Waals surface area contributed by atoms with Gasteiger partial charge in [-0.2, -0.15) is 4.31 Å². The largest absolute Gasteiger partial charge is 0.377 e. The highest BCUT2D eigenvalue weighted by molar-refractivity contribution is 7.89. The molecule has 0 unspecified atom stereocenters. The molecule has 1 saturated heterocycles. The van der Waals surface area contributed by atoms with Crippen molar-refractivity contribution in [3.63, 3.8) is 0 Å². The van der Waals surface area contributed by atoms with Gasteiger partial charge in [0.25, 0.3) is 11.8 Å². The van der Waals surface area contributed by atoms with Crippen molar-refractivity contribution < 1.29 is 22.7 Å². The molecule has 1 aliphatic heterocycles. The van der Waals surface area contributed by atoms with Gasteiger partial charge < -0.3 is 15.8 Å². The Morgan fingerprint density at radius 3 is 2.61 bits per heavy atom. The molecule has 1 aromatic carbocycles. The molecule has 2 heterocycles. The molecular formula is C18H21N3O5S2. The lowest BCUT2D eigenvalue weighted by Crippen LogP contribution is -2.34. The average molecular weight is 424 g/mol. The first-order valence-corrected chi connectivity index (χ1v) is 11.0. The Morgan fingerprint density at radius 1 is 1.29 bits per heavy atom. The van der Waals surface area contributed by atoms with Crippen LogP contribution < -0.4 is 11.1 Å². The Bertz CT molecular complexity index is 963. The second-order valence-corrected chi connectivity index (χ2v) is 9.39. The van der Waals surface area contributed by atoms with Gasteiger partial charge in [0, 0.05) is 25.8 Å². The highest BCUT2D eigenvalue weighted by atomic mass is 32.2. The molecule has 1 fully saturated rings. The van der Waals surface area contributed by atoms with Crippen LogP contribution in [0.15, 0.2) is 40.6 Å². The smallest absolute Gasteiger partial charge is 0.256 e. The van der Waals surface area contributed by atoms with E-state index in [-0.39, 0.29) is 22.1 Å². The summed E-state index contributed by atoms with van der Waals surface area (Å²) < 4.78 is 32.2. The minimum absolute atomic E-state index is 0.0879. The number of hydrogen-bond donors (Lipinski definition) is 2. The number of carbonyl (C=O) groups is 2. The Balaban J connectivity index is 1.70. The maximum Gasteiger partial charge on any atom is 0.256 e. The number of nitrogens with one attached hydrogen (secondary N) is 1. The van der Waals surface area contributed by atoms with Crippen molar-refractivity contribution in [2.24, 2.45) is 5.73 Å². The lowest BCUT2D eigenvalue weighted by molar-refractivity contribution is 0.0978. The Labute approximate surface area is 167 Å². The summed E-state index contributed by atoms with van der Waals surface area (Å²) in [7, 11) is -2.16. The molecule has 0 spiro atoms. The van der Waals surface area contributed by atoms with E-state index in [1.807, 2.05) is 0 Å². The van der Waals surface area contributed by atoms with Crippen LogP contribution in [-0.2, 0) is 14.8 Å². The average Bonchev–Trinajstić information content (AvgIpc) is 3.33. The maximum atomic E-state index is 12.7. The van der Waals surface area contributed by atoms with Gasteiger partial charge in [-0.3, -0.25) is 9.59 Å². The van der Waals surface area contributed by atoms with E-state index in [0.717, 1.165) is 12.8 Å². The van der Waals surface area contributed by atoms with E-state index in [1.54, 1.807) is 5.38 Å². The van der Waals surface area contributed by atoms with Gasteiger partial charge >= 0.3 is 0 Å². The van der Waals surface area contributed by atoms with Crippen molar-refractivity contribution >= 4 is 38.2 Å². The summed E-state index contributed by atoms with van der Waals surface area (Å²) >= 11 is 1.18. The van der Waals surface area contributed by atoms with Crippen LogP contribution in [0.3, 0.4) is 0 Å². The van der Waals surface area contributed by atoms with Gasteiger partial charge in [-0.25, -0.2) is 8.42 Å². The maximum absolute atomic E-state index is 12.7. The molecule has 10 heteroatoms. The first kappa shape index (κ1) is 20.5. The molecule has 28 heavy (non-hydrogen) atoms. The van der Waals surface area contributed by atoms with Crippen molar-refractivity contribution in [2.45, 2.75) is 23.8 Å². The van der Waals surface area contributed by atoms with Crippen LogP contribution in [0.1, 0.15) is 33.6 Å². The number of nitrogens with two attached hydrogens (primary N) is 1.